The maximum Gasteiger partial charge on any atom is 0.225 e. The highest BCUT2D eigenvalue weighted by Gasteiger charge is 2.33. The Balaban J connectivity index is 1.88. The lowest BCUT2D eigenvalue weighted by Gasteiger charge is -2.35. The molecule has 0 unspecified atom stereocenters. The van der Waals surface area contributed by atoms with Crippen LogP contribution in [0.25, 0.3) is 0 Å². The summed E-state index contributed by atoms with van der Waals surface area (Å²) in [6, 6.07) is 0.382. The van der Waals surface area contributed by atoms with E-state index in [1.165, 1.54) is 25.7 Å². The second kappa shape index (κ2) is 7.77. The van der Waals surface area contributed by atoms with E-state index in [0.717, 1.165) is 12.8 Å². The summed E-state index contributed by atoms with van der Waals surface area (Å²) >= 11 is 0. The van der Waals surface area contributed by atoms with Crippen molar-refractivity contribution >= 4 is 15.9 Å². The van der Waals surface area contributed by atoms with Crippen LogP contribution >= 0.6 is 0 Å². The van der Waals surface area contributed by atoms with E-state index in [-0.39, 0.29) is 17.6 Å². The zero-order valence-electron chi connectivity index (χ0n) is 14.0. The molecule has 2 fully saturated rings. The molecule has 1 aliphatic heterocycles. The highest BCUT2D eigenvalue weighted by molar-refractivity contribution is 7.89. The molecule has 0 aromatic rings. The van der Waals surface area contributed by atoms with Crippen molar-refractivity contribution in [1.82, 2.24) is 9.21 Å². The summed E-state index contributed by atoms with van der Waals surface area (Å²) in [4.78, 5) is 14.7. The highest BCUT2D eigenvalue weighted by Crippen LogP contribution is 2.26. The molecule has 5 nitrogen and oxygen atoms in total. The maximum absolute atomic E-state index is 12.7. The Hall–Kier alpha value is -0.620. The molecule has 0 atom stereocenters. The molecule has 22 heavy (non-hydrogen) atoms. The van der Waals surface area contributed by atoms with E-state index in [1.807, 2.05) is 11.9 Å². The fourth-order valence-electron chi connectivity index (χ4n) is 3.68. The van der Waals surface area contributed by atoms with Gasteiger partial charge in [-0.15, -0.1) is 0 Å². The van der Waals surface area contributed by atoms with Crippen LogP contribution in [0.5, 0.6) is 0 Å². The minimum Gasteiger partial charge on any atom is -0.343 e. The first-order chi connectivity index (χ1) is 10.5. The summed E-state index contributed by atoms with van der Waals surface area (Å²) in [7, 11) is -1.17. The average molecular weight is 330 g/mol. The summed E-state index contributed by atoms with van der Waals surface area (Å²) in [5.41, 5.74) is 0. The number of hydrogen-bond acceptors (Lipinski definition) is 3. The molecular weight excluding hydrogens is 300 g/mol. The lowest BCUT2D eigenvalue weighted by Crippen LogP contribution is -2.46. The van der Waals surface area contributed by atoms with E-state index in [2.05, 4.69) is 0 Å². The first-order valence-corrected chi connectivity index (χ1v) is 10.3. The number of amides is 1. The second-order valence-corrected chi connectivity index (χ2v) is 8.93. The quantitative estimate of drug-likeness (QED) is 0.743. The van der Waals surface area contributed by atoms with Crippen molar-refractivity contribution in [2.45, 2.75) is 64.3 Å². The van der Waals surface area contributed by atoms with Crippen molar-refractivity contribution in [3.8, 4) is 0 Å². The molecule has 0 aromatic heterocycles. The average Bonchev–Trinajstić information content (AvgIpc) is 2.83. The van der Waals surface area contributed by atoms with E-state index in [0.29, 0.717) is 32.0 Å². The zero-order chi connectivity index (χ0) is 16.2. The minimum absolute atomic E-state index is 0.00319. The summed E-state index contributed by atoms with van der Waals surface area (Å²) in [5.74, 6) is 0.366. The van der Waals surface area contributed by atoms with Gasteiger partial charge in [0.2, 0.25) is 15.9 Å². The molecule has 1 saturated heterocycles. The van der Waals surface area contributed by atoms with Crippen molar-refractivity contribution in [2.75, 3.05) is 25.9 Å². The van der Waals surface area contributed by atoms with Crippen molar-refractivity contribution in [3.05, 3.63) is 0 Å². The Kier molecular flexibility index (Phi) is 6.26. The SMILES string of the molecule is CCS(=O)(=O)N1CCC(C(=O)N(C)C2CCCCCC2)CC1. The summed E-state index contributed by atoms with van der Waals surface area (Å²) in [6.07, 6.45) is 8.56. The van der Waals surface area contributed by atoms with E-state index in [1.54, 1.807) is 11.2 Å². The normalized spacial score (nSPS) is 23.2. The standard InChI is InChI=1S/C16H30N2O3S/c1-3-22(20,21)18-12-10-14(11-13-18)16(19)17(2)15-8-6-4-5-7-9-15/h14-15H,3-13H2,1-2H3. The zero-order valence-corrected chi connectivity index (χ0v) is 14.8. The molecule has 1 heterocycles. The minimum atomic E-state index is -3.11. The van der Waals surface area contributed by atoms with Crippen LogP contribution in [0.2, 0.25) is 0 Å². The lowest BCUT2D eigenvalue weighted by atomic mass is 9.95. The summed E-state index contributed by atoms with van der Waals surface area (Å²) < 4.78 is 25.3. The number of piperidine rings is 1. The van der Waals surface area contributed by atoms with Crippen molar-refractivity contribution in [2.24, 2.45) is 5.92 Å². The van der Waals surface area contributed by atoms with Gasteiger partial charge in [0.15, 0.2) is 0 Å². The fraction of sp³-hybridized carbons (Fsp3) is 0.938. The van der Waals surface area contributed by atoms with Gasteiger partial charge >= 0.3 is 0 Å². The summed E-state index contributed by atoms with van der Waals surface area (Å²) in [5, 5.41) is 0. The van der Waals surface area contributed by atoms with Crippen molar-refractivity contribution in [3.63, 3.8) is 0 Å². The van der Waals surface area contributed by atoms with Gasteiger partial charge in [-0.05, 0) is 32.6 Å². The predicted octanol–water partition coefficient (Wildman–Crippen LogP) is 2.23. The molecule has 6 heteroatoms. The first kappa shape index (κ1) is 17.7. The molecule has 0 radical (unpaired) electrons. The van der Waals surface area contributed by atoms with Gasteiger partial charge in [-0.1, -0.05) is 25.7 Å². The molecule has 0 N–H and O–H groups in total. The van der Waals surface area contributed by atoms with Crippen LogP contribution < -0.4 is 0 Å². The van der Waals surface area contributed by atoms with Crippen LogP contribution in [-0.4, -0.2) is 55.5 Å². The third-order valence-electron chi connectivity index (χ3n) is 5.28. The Morgan fingerprint density at radius 3 is 2.09 bits per heavy atom. The molecule has 2 aliphatic rings. The van der Waals surface area contributed by atoms with Crippen LogP contribution in [0.1, 0.15) is 58.3 Å². The Morgan fingerprint density at radius 2 is 1.59 bits per heavy atom. The molecule has 1 saturated carbocycles. The summed E-state index contributed by atoms with van der Waals surface area (Å²) in [6.45, 7) is 2.66. The fourth-order valence-corrected chi connectivity index (χ4v) is 4.81. The van der Waals surface area contributed by atoms with Crippen LogP contribution in [0.15, 0.2) is 0 Å². The van der Waals surface area contributed by atoms with Gasteiger partial charge in [-0.2, -0.15) is 0 Å². The smallest absolute Gasteiger partial charge is 0.225 e. The van der Waals surface area contributed by atoms with Crippen molar-refractivity contribution < 1.29 is 13.2 Å². The Bertz CT molecular complexity index is 462. The van der Waals surface area contributed by atoms with Gasteiger partial charge in [0.25, 0.3) is 0 Å². The molecule has 0 aromatic carbocycles. The highest BCUT2D eigenvalue weighted by atomic mass is 32.2. The third-order valence-corrected chi connectivity index (χ3v) is 7.16. The monoisotopic (exact) mass is 330 g/mol. The Morgan fingerprint density at radius 1 is 1.05 bits per heavy atom. The first-order valence-electron chi connectivity index (χ1n) is 8.70. The van der Waals surface area contributed by atoms with Crippen LogP contribution in [-0.2, 0) is 14.8 Å². The predicted molar refractivity (Wildman–Crippen MR) is 88.0 cm³/mol. The number of carbonyl (C=O) groups is 1. The third kappa shape index (κ3) is 4.22. The molecular formula is C16H30N2O3S. The van der Waals surface area contributed by atoms with E-state index >= 15 is 0 Å². The van der Waals surface area contributed by atoms with E-state index in [4.69, 9.17) is 0 Å². The number of hydrogen-bond donors (Lipinski definition) is 0. The van der Waals surface area contributed by atoms with E-state index in [9.17, 15) is 13.2 Å². The van der Waals surface area contributed by atoms with Crippen LogP contribution in [0.4, 0.5) is 0 Å². The lowest BCUT2D eigenvalue weighted by molar-refractivity contribution is -0.137. The number of carbonyl (C=O) groups excluding carboxylic acids is 1. The maximum atomic E-state index is 12.7. The van der Waals surface area contributed by atoms with Gasteiger partial charge in [0.05, 0.1) is 5.75 Å². The Labute approximate surface area is 135 Å². The molecule has 0 bridgehead atoms. The number of sulfonamides is 1. The second-order valence-electron chi connectivity index (χ2n) is 6.67. The van der Waals surface area contributed by atoms with Gasteiger partial charge in [0, 0.05) is 32.1 Å². The molecule has 2 rings (SSSR count). The molecule has 128 valence electrons. The van der Waals surface area contributed by atoms with Crippen molar-refractivity contribution in [1.29, 1.82) is 0 Å². The largest absolute Gasteiger partial charge is 0.343 e. The van der Waals surface area contributed by atoms with Gasteiger partial charge in [-0.3, -0.25) is 4.79 Å². The van der Waals surface area contributed by atoms with Gasteiger partial charge < -0.3 is 4.90 Å². The van der Waals surface area contributed by atoms with Gasteiger partial charge in [-0.25, -0.2) is 12.7 Å². The van der Waals surface area contributed by atoms with E-state index < -0.39 is 10.0 Å². The molecule has 0 spiro atoms. The van der Waals surface area contributed by atoms with Gasteiger partial charge in [0.1, 0.15) is 0 Å². The number of nitrogens with zero attached hydrogens (tertiary/aromatic N) is 2. The number of rotatable bonds is 4. The molecule has 1 aliphatic carbocycles. The van der Waals surface area contributed by atoms with Crippen LogP contribution in [0.3, 0.4) is 0 Å². The van der Waals surface area contributed by atoms with Crippen LogP contribution in [0, 0.1) is 5.92 Å². The molecule has 1 amide bonds. The topological polar surface area (TPSA) is 57.7 Å².